The molecular formula is C17H20N2O8S2. The predicted octanol–water partition coefficient (Wildman–Crippen LogP) is 1.43. The van der Waals surface area contributed by atoms with Gasteiger partial charge in [-0.2, -0.15) is 8.42 Å². The van der Waals surface area contributed by atoms with Gasteiger partial charge >= 0.3 is 0 Å². The number of ether oxygens (including phenoxy) is 1. The first kappa shape index (κ1) is 22.9. The first-order valence-electron chi connectivity index (χ1n) is 8.30. The molecule has 0 radical (unpaired) electrons. The summed E-state index contributed by atoms with van der Waals surface area (Å²) in [5, 5.41) is 11.1. The molecule has 12 heteroatoms. The van der Waals surface area contributed by atoms with Crippen LogP contribution in [0.5, 0.6) is 0 Å². The van der Waals surface area contributed by atoms with E-state index in [1.165, 1.54) is 12.1 Å². The maximum Gasteiger partial charge on any atom is 0.289 e. The minimum absolute atomic E-state index is 0.156. The van der Waals surface area contributed by atoms with Gasteiger partial charge in [-0.25, -0.2) is 13.1 Å². The molecular weight excluding hydrogens is 424 g/mol. The van der Waals surface area contributed by atoms with Crippen molar-refractivity contribution in [1.82, 2.24) is 4.72 Å². The lowest BCUT2D eigenvalue weighted by Crippen LogP contribution is -2.42. The van der Waals surface area contributed by atoms with E-state index in [0.717, 1.165) is 24.0 Å². The van der Waals surface area contributed by atoms with E-state index in [2.05, 4.69) is 8.91 Å². The van der Waals surface area contributed by atoms with Crippen LogP contribution in [0.2, 0.25) is 0 Å². The Labute approximate surface area is 168 Å². The summed E-state index contributed by atoms with van der Waals surface area (Å²) in [6.07, 6.45) is 0.825. The first-order chi connectivity index (χ1) is 13.6. The molecule has 2 aromatic rings. The van der Waals surface area contributed by atoms with Crippen LogP contribution in [-0.2, 0) is 35.7 Å². The molecule has 0 saturated heterocycles. The summed E-state index contributed by atoms with van der Waals surface area (Å²) >= 11 is 0. The van der Waals surface area contributed by atoms with Crippen LogP contribution in [0.4, 0.5) is 5.69 Å². The molecule has 0 aliphatic rings. The van der Waals surface area contributed by atoms with Gasteiger partial charge in [-0.05, 0) is 11.6 Å². The fourth-order valence-corrected chi connectivity index (χ4v) is 4.12. The number of hydrogen-bond acceptors (Lipinski definition) is 8. The minimum atomic E-state index is -4.34. The number of para-hydroxylation sites is 1. The van der Waals surface area contributed by atoms with Crippen LogP contribution in [0, 0.1) is 10.1 Å². The molecule has 0 bridgehead atoms. The Kier molecular flexibility index (Phi) is 7.81. The van der Waals surface area contributed by atoms with Crippen molar-refractivity contribution in [3.8, 4) is 0 Å². The largest absolute Gasteiger partial charge is 0.375 e. The molecule has 1 unspecified atom stereocenters. The van der Waals surface area contributed by atoms with Crippen molar-refractivity contribution in [2.75, 3.05) is 19.5 Å². The van der Waals surface area contributed by atoms with Gasteiger partial charge in [-0.15, -0.1) is 0 Å². The van der Waals surface area contributed by atoms with Crippen molar-refractivity contribution in [2.24, 2.45) is 0 Å². The van der Waals surface area contributed by atoms with Crippen molar-refractivity contribution >= 4 is 25.8 Å². The zero-order valence-electron chi connectivity index (χ0n) is 15.4. The number of nitrogens with one attached hydrogen (secondary N) is 1. The molecule has 0 fully saturated rings. The second-order valence-corrected chi connectivity index (χ2v) is 9.36. The third-order valence-corrected chi connectivity index (χ3v) is 5.72. The van der Waals surface area contributed by atoms with Crippen LogP contribution in [0.3, 0.4) is 0 Å². The van der Waals surface area contributed by atoms with Gasteiger partial charge in [-0.1, -0.05) is 42.5 Å². The molecule has 0 saturated carbocycles. The molecule has 1 atom stereocenters. The SMILES string of the molecule is CS(=O)(=O)OCC(COCc1ccccc1)NS(=O)(=O)c1ccccc1[N+](=O)[O-]. The highest BCUT2D eigenvalue weighted by molar-refractivity contribution is 7.89. The Hall–Kier alpha value is -2.38. The lowest BCUT2D eigenvalue weighted by Gasteiger charge is -2.18. The van der Waals surface area contributed by atoms with Crippen LogP contribution in [0.1, 0.15) is 5.56 Å². The number of sulfonamides is 1. The topological polar surface area (TPSA) is 142 Å². The van der Waals surface area contributed by atoms with Gasteiger partial charge in [0.05, 0.1) is 37.0 Å². The van der Waals surface area contributed by atoms with Crippen LogP contribution in [0.15, 0.2) is 59.5 Å². The molecule has 0 aromatic heterocycles. The number of hydrogen-bond donors (Lipinski definition) is 1. The Morgan fingerprint density at radius 1 is 1.00 bits per heavy atom. The minimum Gasteiger partial charge on any atom is -0.375 e. The van der Waals surface area contributed by atoms with E-state index in [9.17, 15) is 26.9 Å². The summed E-state index contributed by atoms with van der Waals surface area (Å²) in [4.78, 5) is 9.76. The Morgan fingerprint density at radius 3 is 2.24 bits per heavy atom. The molecule has 0 aliphatic carbocycles. The van der Waals surface area contributed by atoms with Crippen LogP contribution in [0.25, 0.3) is 0 Å². The third-order valence-electron chi connectivity index (χ3n) is 3.59. The van der Waals surface area contributed by atoms with Gasteiger partial charge in [0.25, 0.3) is 15.8 Å². The second-order valence-electron chi connectivity index (χ2n) is 6.03. The fourth-order valence-electron chi connectivity index (χ4n) is 2.33. The maximum absolute atomic E-state index is 12.6. The van der Waals surface area contributed by atoms with Gasteiger partial charge in [-0.3, -0.25) is 14.3 Å². The van der Waals surface area contributed by atoms with Crippen molar-refractivity contribution in [2.45, 2.75) is 17.5 Å². The molecule has 0 aliphatic heterocycles. The van der Waals surface area contributed by atoms with Gasteiger partial charge < -0.3 is 4.74 Å². The fraction of sp³-hybridized carbons (Fsp3) is 0.294. The molecule has 10 nitrogen and oxygen atoms in total. The monoisotopic (exact) mass is 444 g/mol. The maximum atomic E-state index is 12.6. The number of nitrogens with zero attached hydrogens (tertiary/aromatic N) is 1. The van der Waals surface area contributed by atoms with E-state index in [1.54, 1.807) is 24.3 Å². The summed E-state index contributed by atoms with van der Waals surface area (Å²) in [7, 11) is -8.18. The van der Waals surface area contributed by atoms with Gasteiger partial charge in [0.15, 0.2) is 4.90 Å². The van der Waals surface area contributed by atoms with Gasteiger partial charge in [0, 0.05) is 6.07 Å². The van der Waals surface area contributed by atoms with E-state index >= 15 is 0 Å². The lowest BCUT2D eigenvalue weighted by atomic mass is 10.2. The lowest BCUT2D eigenvalue weighted by molar-refractivity contribution is -0.387. The Bertz CT molecular complexity index is 1040. The normalized spacial score (nSPS) is 13.1. The summed E-state index contributed by atoms with van der Waals surface area (Å²) < 4.78 is 60.2. The van der Waals surface area contributed by atoms with Crippen molar-refractivity contribution in [3.63, 3.8) is 0 Å². The zero-order valence-corrected chi connectivity index (χ0v) is 17.1. The predicted molar refractivity (Wildman–Crippen MR) is 104 cm³/mol. The molecule has 29 heavy (non-hydrogen) atoms. The molecule has 2 aromatic carbocycles. The molecule has 158 valence electrons. The highest BCUT2D eigenvalue weighted by Crippen LogP contribution is 2.23. The average molecular weight is 444 g/mol. The first-order valence-corrected chi connectivity index (χ1v) is 11.6. The summed E-state index contributed by atoms with van der Waals surface area (Å²) in [6.45, 7) is -0.596. The van der Waals surface area contributed by atoms with E-state index < -0.39 is 48.3 Å². The number of rotatable bonds is 11. The van der Waals surface area contributed by atoms with Crippen molar-refractivity contribution in [1.29, 1.82) is 0 Å². The van der Waals surface area contributed by atoms with Crippen LogP contribution in [-0.4, -0.2) is 47.3 Å². The quantitative estimate of drug-likeness (QED) is 0.312. The van der Waals surface area contributed by atoms with E-state index in [-0.39, 0.29) is 13.2 Å². The molecule has 0 amide bonds. The smallest absolute Gasteiger partial charge is 0.289 e. The number of benzene rings is 2. The summed E-state index contributed by atoms with van der Waals surface area (Å²) in [5.74, 6) is 0. The number of nitro benzene ring substituents is 1. The van der Waals surface area contributed by atoms with Gasteiger partial charge in [0.1, 0.15) is 0 Å². The highest BCUT2D eigenvalue weighted by Gasteiger charge is 2.28. The van der Waals surface area contributed by atoms with Gasteiger partial charge in [0.2, 0.25) is 10.0 Å². The molecule has 0 heterocycles. The summed E-state index contributed by atoms with van der Waals surface area (Å²) in [6, 6.07) is 12.8. The number of nitro groups is 1. The average Bonchev–Trinajstić information content (AvgIpc) is 2.66. The van der Waals surface area contributed by atoms with Crippen LogP contribution < -0.4 is 4.72 Å². The summed E-state index contributed by atoms with van der Waals surface area (Å²) in [5.41, 5.74) is 0.227. The van der Waals surface area contributed by atoms with E-state index in [4.69, 9.17) is 4.74 Å². The second kappa shape index (κ2) is 9.89. The van der Waals surface area contributed by atoms with E-state index in [1.807, 2.05) is 6.07 Å². The third kappa shape index (κ3) is 7.51. The highest BCUT2D eigenvalue weighted by atomic mass is 32.2. The van der Waals surface area contributed by atoms with Crippen molar-refractivity contribution in [3.05, 3.63) is 70.3 Å². The van der Waals surface area contributed by atoms with Crippen LogP contribution >= 0.6 is 0 Å². The van der Waals surface area contributed by atoms with E-state index in [0.29, 0.717) is 0 Å². The Morgan fingerprint density at radius 2 is 1.62 bits per heavy atom. The molecule has 1 N–H and O–H groups in total. The molecule has 0 spiro atoms. The Balaban J connectivity index is 2.16. The van der Waals surface area contributed by atoms with Crippen molar-refractivity contribution < 1.29 is 30.7 Å². The zero-order chi connectivity index (χ0) is 21.5. The molecule has 2 rings (SSSR count). The standard InChI is InChI=1S/C17H20N2O8S2/c1-28(22,23)27-13-15(12-26-11-14-7-3-2-4-8-14)18-29(24,25)17-10-6-5-9-16(17)19(20)21/h2-10,15,18H,11-13H2,1H3.